The molecule has 3 atom stereocenters. The molecule has 3 amide bonds. The zero-order valence-corrected chi connectivity index (χ0v) is 13.4. The lowest BCUT2D eigenvalue weighted by Gasteiger charge is -2.30. The van der Waals surface area contributed by atoms with Gasteiger partial charge < -0.3 is 15.3 Å². The number of quaternary nitrogens is 1. The molecule has 124 valence electrons. The Hall–Kier alpha value is -1.92. The van der Waals surface area contributed by atoms with Crippen LogP contribution in [0.2, 0.25) is 0 Å². The first-order valence-corrected chi connectivity index (χ1v) is 8.28. The minimum Gasteiger partial charge on any atom is -0.387 e. The molecule has 2 aliphatic heterocycles. The molecule has 0 spiro atoms. The molecule has 0 saturated carbocycles. The molecule has 2 fully saturated rings. The molecule has 0 bridgehead atoms. The number of piperidine rings is 1. The van der Waals surface area contributed by atoms with Gasteiger partial charge in [-0.05, 0) is 24.8 Å². The molecule has 2 saturated heterocycles. The van der Waals surface area contributed by atoms with E-state index in [0.29, 0.717) is 19.6 Å². The number of carbonyl (C=O) groups excluding carboxylic acids is 2. The molecular formula is C17H24N3O3+. The fourth-order valence-corrected chi connectivity index (χ4v) is 3.62. The van der Waals surface area contributed by atoms with Gasteiger partial charge in [-0.1, -0.05) is 37.3 Å². The number of benzene rings is 1. The SMILES string of the molecule is CC[C@@]1(c2ccccc2)NC(=O)N(C[NH+]2CCC[C@H](O)C2)C1=O. The standard InChI is InChI=1S/C17H23N3O3/c1-2-17(13-7-4-3-5-8-13)15(22)20(16(23)18-17)12-19-10-6-9-14(21)11-19/h3-5,7-8,14,21H,2,6,9-12H2,1H3,(H,18,23)/p+1/t14-,17-/m0/s1. The van der Waals surface area contributed by atoms with E-state index >= 15 is 0 Å². The van der Waals surface area contributed by atoms with Crippen LogP contribution in [0.1, 0.15) is 31.7 Å². The lowest BCUT2D eigenvalue weighted by Crippen LogP contribution is -3.15. The van der Waals surface area contributed by atoms with Crippen molar-refractivity contribution in [2.45, 2.75) is 37.8 Å². The zero-order valence-electron chi connectivity index (χ0n) is 13.4. The molecule has 0 aromatic heterocycles. The number of rotatable bonds is 4. The van der Waals surface area contributed by atoms with Gasteiger partial charge in [0, 0.05) is 0 Å². The van der Waals surface area contributed by atoms with Crippen LogP contribution in [0.5, 0.6) is 0 Å². The minimum absolute atomic E-state index is 0.191. The number of imide groups is 1. The fourth-order valence-electron chi connectivity index (χ4n) is 3.62. The van der Waals surface area contributed by atoms with Crippen LogP contribution in [-0.2, 0) is 10.3 Å². The summed E-state index contributed by atoms with van der Waals surface area (Å²) in [5, 5.41) is 12.7. The Balaban J connectivity index is 1.81. The van der Waals surface area contributed by atoms with Gasteiger partial charge in [-0.3, -0.25) is 4.79 Å². The molecule has 23 heavy (non-hydrogen) atoms. The summed E-state index contributed by atoms with van der Waals surface area (Å²) in [6, 6.07) is 9.06. The Labute approximate surface area is 136 Å². The topological polar surface area (TPSA) is 74.1 Å². The van der Waals surface area contributed by atoms with Gasteiger partial charge in [0.2, 0.25) is 0 Å². The molecule has 6 nitrogen and oxygen atoms in total. The second-order valence-corrected chi connectivity index (χ2v) is 6.45. The third-order valence-corrected chi connectivity index (χ3v) is 4.95. The third kappa shape index (κ3) is 2.84. The summed E-state index contributed by atoms with van der Waals surface area (Å²) >= 11 is 0. The minimum atomic E-state index is -0.966. The Bertz CT molecular complexity index is 592. The second-order valence-electron chi connectivity index (χ2n) is 6.45. The van der Waals surface area contributed by atoms with E-state index in [-0.39, 0.29) is 18.0 Å². The first kappa shape index (κ1) is 16.0. The van der Waals surface area contributed by atoms with Crippen LogP contribution >= 0.6 is 0 Å². The lowest BCUT2D eigenvalue weighted by molar-refractivity contribution is -0.915. The van der Waals surface area contributed by atoms with Gasteiger partial charge in [0.05, 0.1) is 6.54 Å². The van der Waals surface area contributed by atoms with E-state index in [0.717, 1.165) is 29.8 Å². The maximum absolute atomic E-state index is 13.0. The van der Waals surface area contributed by atoms with Crippen molar-refractivity contribution >= 4 is 11.9 Å². The number of hydrogen-bond acceptors (Lipinski definition) is 3. The van der Waals surface area contributed by atoms with Crippen LogP contribution in [0.3, 0.4) is 0 Å². The molecule has 2 heterocycles. The first-order chi connectivity index (χ1) is 11.1. The molecule has 3 N–H and O–H groups in total. The van der Waals surface area contributed by atoms with Crippen LogP contribution in [-0.4, -0.2) is 47.8 Å². The number of likely N-dealkylation sites (tertiary alicyclic amines) is 1. The Morgan fingerprint density at radius 3 is 2.74 bits per heavy atom. The monoisotopic (exact) mass is 318 g/mol. The van der Waals surface area contributed by atoms with Crippen LogP contribution in [0.15, 0.2) is 30.3 Å². The number of aliphatic hydroxyl groups is 1. The van der Waals surface area contributed by atoms with Crippen molar-refractivity contribution in [2.75, 3.05) is 19.8 Å². The van der Waals surface area contributed by atoms with E-state index in [9.17, 15) is 14.7 Å². The number of nitrogens with one attached hydrogen (secondary N) is 2. The highest BCUT2D eigenvalue weighted by molar-refractivity contribution is 6.07. The van der Waals surface area contributed by atoms with Gasteiger partial charge >= 0.3 is 6.03 Å². The van der Waals surface area contributed by atoms with Crippen molar-refractivity contribution in [1.29, 1.82) is 0 Å². The molecule has 1 unspecified atom stereocenters. The molecule has 1 aromatic carbocycles. The lowest BCUT2D eigenvalue weighted by atomic mass is 9.87. The summed E-state index contributed by atoms with van der Waals surface area (Å²) in [4.78, 5) is 27.8. The van der Waals surface area contributed by atoms with Gasteiger partial charge in [-0.25, -0.2) is 9.69 Å². The first-order valence-electron chi connectivity index (χ1n) is 8.28. The van der Waals surface area contributed by atoms with Crippen molar-refractivity contribution in [1.82, 2.24) is 10.2 Å². The number of aliphatic hydroxyl groups excluding tert-OH is 1. The van der Waals surface area contributed by atoms with Gasteiger partial charge in [-0.2, -0.15) is 0 Å². The van der Waals surface area contributed by atoms with Crippen molar-refractivity contribution in [3.63, 3.8) is 0 Å². The van der Waals surface area contributed by atoms with E-state index in [2.05, 4.69) is 5.32 Å². The molecule has 0 radical (unpaired) electrons. The zero-order chi connectivity index (χ0) is 16.4. The normalized spacial score (nSPS) is 31.3. The van der Waals surface area contributed by atoms with E-state index in [1.54, 1.807) is 0 Å². The van der Waals surface area contributed by atoms with Crippen molar-refractivity contribution < 1.29 is 19.6 Å². The average Bonchev–Trinajstić information content (AvgIpc) is 2.81. The van der Waals surface area contributed by atoms with Crippen LogP contribution in [0.25, 0.3) is 0 Å². The molecular weight excluding hydrogens is 294 g/mol. The van der Waals surface area contributed by atoms with E-state index in [1.807, 2.05) is 37.3 Å². The highest BCUT2D eigenvalue weighted by Crippen LogP contribution is 2.31. The summed E-state index contributed by atoms with van der Waals surface area (Å²) in [7, 11) is 0. The number of nitrogens with zero attached hydrogens (tertiary/aromatic N) is 1. The quantitative estimate of drug-likeness (QED) is 0.676. The van der Waals surface area contributed by atoms with E-state index in [1.165, 1.54) is 4.90 Å². The van der Waals surface area contributed by atoms with Crippen molar-refractivity contribution in [3.8, 4) is 0 Å². The molecule has 6 heteroatoms. The van der Waals surface area contributed by atoms with E-state index in [4.69, 9.17) is 0 Å². The highest BCUT2D eigenvalue weighted by Gasteiger charge is 2.52. The Kier molecular flexibility index (Phi) is 4.37. The highest BCUT2D eigenvalue weighted by atomic mass is 16.3. The van der Waals surface area contributed by atoms with Gasteiger partial charge in [-0.15, -0.1) is 0 Å². The summed E-state index contributed by atoms with van der Waals surface area (Å²) in [5.74, 6) is -0.191. The molecule has 0 aliphatic carbocycles. The van der Waals surface area contributed by atoms with Crippen LogP contribution in [0.4, 0.5) is 4.79 Å². The number of carbonyl (C=O) groups is 2. The summed E-state index contributed by atoms with van der Waals surface area (Å²) in [6.07, 6.45) is 1.88. The summed E-state index contributed by atoms with van der Waals surface area (Å²) in [6.45, 7) is 3.68. The molecule has 3 rings (SSSR count). The van der Waals surface area contributed by atoms with Gasteiger partial charge in [0.25, 0.3) is 5.91 Å². The third-order valence-electron chi connectivity index (χ3n) is 4.95. The number of hydrogen-bond donors (Lipinski definition) is 3. The predicted molar refractivity (Wildman–Crippen MR) is 84.6 cm³/mol. The molecule has 1 aromatic rings. The maximum atomic E-state index is 13.0. The Morgan fingerprint density at radius 2 is 2.09 bits per heavy atom. The largest absolute Gasteiger partial charge is 0.387 e. The second kappa shape index (κ2) is 6.29. The van der Waals surface area contributed by atoms with E-state index < -0.39 is 5.54 Å². The van der Waals surface area contributed by atoms with Crippen molar-refractivity contribution in [2.24, 2.45) is 0 Å². The van der Waals surface area contributed by atoms with Gasteiger partial charge in [0.1, 0.15) is 18.2 Å². The maximum Gasteiger partial charge on any atom is 0.329 e. The summed E-state index contributed by atoms with van der Waals surface area (Å²) < 4.78 is 0. The smallest absolute Gasteiger partial charge is 0.329 e. The van der Waals surface area contributed by atoms with Crippen LogP contribution < -0.4 is 10.2 Å². The number of amides is 3. The van der Waals surface area contributed by atoms with Gasteiger partial charge in [0.15, 0.2) is 6.67 Å². The Morgan fingerprint density at radius 1 is 1.35 bits per heavy atom. The number of urea groups is 1. The fraction of sp³-hybridized carbons (Fsp3) is 0.529. The summed E-state index contributed by atoms with van der Waals surface area (Å²) in [5.41, 5.74) is -0.149. The van der Waals surface area contributed by atoms with Crippen molar-refractivity contribution in [3.05, 3.63) is 35.9 Å². The van der Waals surface area contributed by atoms with Crippen LogP contribution in [0, 0.1) is 0 Å². The predicted octanol–water partition coefficient (Wildman–Crippen LogP) is -0.159. The molecule has 2 aliphatic rings. The average molecular weight is 318 g/mol.